The molecule has 2 heterocycles. The van der Waals surface area contributed by atoms with Crippen molar-refractivity contribution in [2.45, 2.75) is 44.8 Å². The zero-order valence-electron chi connectivity index (χ0n) is 19.1. The van der Waals surface area contributed by atoms with Crippen molar-refractivity contribution in [3.63, 3.8) is 0 Å². The SMILES string of the molecule is COC(C=NSc1cccnc1C#Cc1cc2c(cc1C)COC2(C)C)=NC(C)=CNSF. The van der Waals surface area contributed by atoms with Gasteiger partial charge in [-0.1, -0.05) is 12.0 Å². The third-order valence-corrected chi connectivity index (χ3v) is 5.84. The summed E-state index contributed by atoms with van der Waals surface area (Å²) >= 11 is 1.21. The normalized spacial score (nSPS) is 15.2. The van der Waals surface area contributed by atoms with Crippen molar-refractivity contribution in [1.29, 1.82) is 0 Å². The lowest BCUT2D eigenvalue weighted by Crippen LogP contribution is -2.14. The number of halogens is 1. The standard InChI is InChI=1S/C24H25FN4O2S2/c1-16-11-19-15-31-24(3,4)20(19)12-18(16)8-9-21-22(7-6-10-26-21)32-27-14-23(30-5)29-17(2)13-28-33-25/h6-7,10-14,28H,15H2,1-5H3. The lowest BCUT2D eigenvalue weighted by molar-refractivity contribution is -0.00790. The molecule has 1 aromatic heterocycles. The highest BCUT2D eigenvalue weighted by atomic mass is 32.2. The molecular weight excluding hydrogens is 459 g/mol. The number of methoxy groups -OCH3 is 1. The number of hydrogen-bond donors (Lipinski definition) is 1. The Morgan fingerprint density at radius 2 is 2.18 bits per heavy atom. The quantitative estimate of drug-likeness (QED) is 0.247. The summed E-state index contributed by atoms with van der Waals surface area (Å²) in [4.78, 5) is 9.43. The van der Waals surface area contributed by atoms with Crippen LogP contribution in [0.15, 0.2) is 56.6 Å². The van der Waals surface area contributed by atoms with E-state index in [1.807, 2.05) is 12.1 Å². The van der Waals surface area contributed by atoms with Crippen molar-refractivity contribution >= 4 is 36.4 Å². The molecule has 6 nitrogen and oxygen atoms in total. The van der Waals surface area contributed by atoms with Crippen LogP contribution >= 0.6 is 24.3 Å². The number of nitrogens with one attached hydrogen (secondary N) is 1. The minimum atomic E-state index is -0.310. The van der Waals surface area contributed by atoms with Gasteiger partial charge in [0.05, 0.1) is 36.1 Å². The van der Waals surface area contributed by atoms with E-state index in [2.05, 4.69) is 63.8 Å². The van der Waals surface area contributed by atoms with E-state index in [4.69, 9.17) is 9.47 Å². The van der Waals surface area contributed by atoms with Gasteiger partial charge in [-0.3, -0.25) is 0 Å². The van der Waals surface area contributed by atoms with Gasteiger partial charge in [0, 0.05) is 29.9 Å². The Morgan fingerprint density at radius 1 is 1.36 bits per heavy atom. The summed E-state index contributed by atoms with van der Waals surface area (Å²) in [6, 6.07) is 8.01. The number of nitrogens with zero attached hydrogens (tertiary/aromatic N) is 3. The highest BCUT2D eigenvalue weighted by Gasteiger charge is 2.31. The number of pyridine rings is 1. The van der Waals surface area contributed by atoms with E-state index in [0.717, 1.165) is 16.0 Å². The van der Waals surface area contributed by atoms with E-state index in [0.29, 0.717) is 18.0 Å². The van der Waals surface area contributed by atoms with Crippen LogP contribution in [0.4, 0.5) is 3.89 Å². The average molecular weight is 485 g/mol. The lowest BCUT2D eigenvalue weighted by Gasteiger charge is -2.18. The average Bonchev–Trinajstić information content (AvgIpc) is 3.09. The van der Waals surface area contributed by atoms with Gasteiger partial charge in [0.2, 0.25) is 5.90 Å². The number of fused-ring (bicyclic) bond motifs is 1. The third-order valence-electron chi connectivity index (χ3n) is 4.90. The first-order chi connectivity index (χ1) is 15.8. The molecule has 0 fully saturated rings. The molecule has 9 heteroatoms. The Hall–Kier alpha value is -2.80. The smallest absolute Gasteiger partial charge is 0.232 e. The molecule has 0 amide bonds. The summed E-state index contributed by atoms with van der Waals surface area (Å²) in [5.74, 6) is 6.74. The Morgan fingerprint density at radius 3 is 2.94 bits per heavy atom. The van der Waals surface area contributed by atoms with Gasteiger partial charge >= 0.3 is 0 Å². The fraction of sp³-hybridized carbons (Fsp3) is 0.292. The van der Waals surface area contributed by atoms with Crippen LogP contribution in [-0.4, -0.2) is 24.2 Å². The number of hydrogen-bond acceptors (Lipinski definition) is 8. The number of aryl methyl sites for hydroxylation is 1. The predicted molar refractivity (Wildman–Crippen MR) is 134 cm³/mol. The Kier molecular flexibility index (Phi) is 8.55. The molecule has 0 radical (unpaired) electrons. The number of benzene rings is 1. The number of allylic oxidation sites excluding steroid dienone is 1. The summed E-state index contributed by atoms with van der Waals surface area (Å²) in [6.07, 6.45) is 4.62. The molecule has 172 valence electrons. The molecule has 0 unspecified atom stereocenters. The summed E-state index contributed by atoms with van der Waals surface area (Å²) in [6.45, 7) is 8.54. The van der Waals surface area contributed by atoms with Crippen LogP contribution in [0.2, 0.25) is 0 Å². The molecule has 1 aliphatic heterocycles. The number of ether oxygens (including phenoxy) is 2. The number of rotatable bonds is 6. The van der Waals surface area contributed by atoms with Crippen molar-refractivity contribution in [3.8, 4) is 11.8 Å². The minimum Gasteiger partial charge on any atom is -0.480 e. The van der Waals surface area contributed by atoms with Crippen molar-refractivity contribution in [2.24, 2.45) is 9.39 Å². The van der Waals surface area contributed by atoms with Crippen LogP contribution in [0, 0.1) is 18.8 Å². The molecule has 33 heavy (non-hydrogen) atoms. The fourth-order valence-corrected chi connectivity index (χ4v) is 3.97. The third kappa shape index (κ3) is 6.60. The van der Waals surface area contributed by atoms with E-state index in [1.165, 1.54) is 42.6 Å². The molecule has 3 rings (SSSR count). The van der Waals surface area contributed by atoms with Gasteiger partial charge in [0.15, 0.2) is 12.3 Å². The maximum absolute atomic E-state index is 12.1. The zero-order valence-corrected chi connectivity index (χ0v) is 20.7. The maximum atomic E-state index is 12.1. The second-order valence-corrected chi connectivity index (χ2v) is 8.91. The summed E-state index contributed by atoms with van der Waals surface area (Å²) < 4.78 is 29.9. The van der Waals surface area contributed by atoms with E-state index in [1.54, 1.807) is 13.1 Å². The first-order valence-electron chi connectivity index (χ1n) is 10.1. The van der Waals surface area contributed by atoms with Gasteiger partial charge in [0.25, 0.3) is 0 Å². The van der Waals surface area contributed by atoms with Crippen LogP contribution in [0.1, 0.15) is 48.7 Å². The van der Waals surface area contributed by atoms with Crippen molar-refractivity contribution in [1.82, 2.24) is 9.71 Å². The Balaban J connectivity index is 1.80. The maximum Gasteiger partial charge on any atom is 0.232 e. The van der Waals surface area contributed by atoms with Crippen LogP contribution in [0.3, 0.4) is 0 Å². The predicted octanol–water partition coefficient (Wildman–Crippen LogP) is 5.66. The van der Waals surface area contributed by atoms with Gasteiger partial charge in [0.1, 0.15) is 5.69 Å². The lowest BCUT2D eigenvalue weighted by atomic mass is 9.92. The van der Waals surface area contributed by atoms with Gasteiger partial charge in [-0.25, -0.2) is 14.4 Å². The molecule has 2 aromatic rings. The van der Waals surface area contributed by atoms with Gasteiger partial charge in [-0.2, -0.15) is 0 Å². The van der Waals surface area contributed by atoms with E-state index >= 15 is 0 Å². The van der Waals surface area contributed by atoms with E-state index in [9.17, 15) is 3.89 Å². The molecule has 0 bridgehead atoms. The van der Waals surface area contributed by atoms with Crippen LogP contribution in [0.25, 0.3) is 0 Å². The van der Waals surface area contributed by atoms with E-state index < -0.39 is 0 Å². The summed E-state index contributed by atoms with van der Waals surface area (Å²) in [7, 11) is 1.49. The molecule has 1 N–H and O–H groups in total. The second-order valence-electron chi connectivity index (χ2n) is 7.68. The van der Waals surface area contributed by atoms with Crippen molar-refractivity contribution in [2.75, 3.05) is 7.11 Å². The van der Waals surface area contributed by atoms with Gasteiger partial charge in [-0.15, -0.1) is 3.89 Å². The van der Waals surface area contributed by atoms with E-state index in [-0.39, 0.29) is 23.8 Å². The molecular formula is C24H25FN4O2S2. The Bertz CT molecular complexity index is 1170. The topological polar surface area (TPSA) is 68.1 Å². The number of aliphatic imine (C=N–C) groups is 1. The second kappa shape index (κ2) is 11.4. The molecule has 0 saturated heterocycles. The van der Waals surface area contributed by atoms with Gasteiger partial charge < -0.3 is 14.2 Å². The molecule has 1 aliphatic rings. The first kappa shape index (κ1) is 24.8. The highest BCUT2D eigenvalue weighted by molar-refractivity contribution is 7.98. The van der Waals surface area contributed by atoms with Crippen LogP contribution < -0.4 is 4.72 Å². The molecule has 1 aromatic carbocycles. The summed E-state index contributed by atoms with van der Waals surface area (Å²) in [5.41, 5.74) is 5.31. The summed E-state index contributed by atoms with van der Waals surface area (Å²) in [5, 5.41) is 0. The van der Waals surface area contributed by atoms with Crippen molar-refractivity contribution in [3.05, 3.63) is 70.3 Å². The zero-order chi connectivity index (χ0) is 23.8. The van der Waals surface area contributed by atoms with Crippen LogP contribution in [0.5, 0.6) is 0 Å². The highest BCUT2D eigenvalue weighted by Crippen LogP contribution is 2.37. The Labute approximate surface area is 202 Å². The largest absolute Gasteiger partial charge is 0.480 e. The fourth-order valence-electron chi connectivity index (χ4n) is 3.17. The molecule has 0 saturated carbocycles. The van der Waals surface area contributed by atoms with Crippen LogP contribution in [-0.2, 0) is 21.7 Å². The monoisotopic (exact) mass is 484 g/mol. The van der Waals surface area contributed by atoms with Crippen molar-refractivity contribution < 1.29 is 13.4 Å². The molecule has 0 spiro atoms. The van der Waals surface area contributed by atoms with Gasteiger partial charge in [-0.05, 0) is 68.5 Å². The number of aromatic nitrogens is 1. The molecule has 0 aliphatic carbocycles. The molecule has 0 atom stereocenters. The first-order valence-corrected chi connectivity index (χ1v) is 11.6. The minimum absolute atomic E-state index is 0.00956.